The van der Waals surface area contributed by atoms with E-state index in [1.807, 2.05) is 20.0 Å². The number of hydrogen-bond acceptors (Lipinski definition) is 3. The van der Waals surface area contributed by atoms with Gasteiger partial charge in [0, 0.05) is 11.9 Å². The smallest absolute Gasteiger partial charge is 0.220 e. The van der Waals surface area contributed by atoms with Gasteiger partial charge >= 0.3 is 0 Å². The zero-order valence-corrected chi connectivity index (χ0v) is 9.83. The Hall–Kier alpha value is -1.12. The number of rotatable bonds is 2. The molecule has 14 heavy (non-hydrogen) atoms. The second-order valence-corrected chi connectivity index (χ2v) is 3.14. The lowest BCUT2D eigenvalue weighted by molar-refractivity contribution is 0.813. The van der Waals surface area contributed by atoms with Crippen LogP contribution in [0.15, 0.2) is 6.20 Å². The number of aromatic nitrogens is 2. The highest BCUT2D eigenvalue weighted by atomic mass is 15.0. The molecule has 0 bridgehead atoms. The first-order valence-corrected chi connectivity index (χ1v) is 5.26. The van der Waals surface area contributed by atoms with Crippen molar-refractivity contribution in [1.29, 1.82) is 0 Å². The summed E-state index contributed by atoms with van der Waals surface area (Å²) in [6.07, 6.45) is 2.74. The average Bonchev–Trinajstić information content (AvgIpc) is 2.20. The molecule has 1 aromatic heterocycles. The lowest BCUT2D eigenvalue weighted by atomic mass is 10.0. The molecule has 0 aromatic carbocycles. The van der Waals surface area contributed by atoms with Crippen molar-refractivity contribution >= 4 is 5.95 Å². The van der Waals surface area contributed by atoms with Crippen LogP contribution in [0.4, 0.5) is 5.95 Å². The van der Waals surface area contributed by atoms with E-state index < -0.39 is 0 Å². The summed E-state index contributed by atoms with van der Waals surface area (Å²) in [5.74, 6) is 0.844. The first kappa shape index (κ1) is 12.9. The van der Waals surface area contributed by atoms with Crippen LogP contribution in [0.25, 0.3) is 0 Å². The van der Waals surface area contributed by atoms with Crippen LogP contribution < -0.4 is 5.73 Å². The molecule has 0 aliphatic carbocycles. The molecule has 0 saturated carbocycles. The Morgan fingerprint density at radius 2 is 1.93 bits per heavy atom. The van der Waals surface area contributed by atoms with Gasteiger partial charge in [-0.3, -0.25) is 0 Å². The van der Waals surface area contributed by atoms with E-state index in [0.29, 0.717) is 11.9 Å². The predicted molar refractivity (Wildman–Crippen MR) is 61.3 cm³/mol. The monoisotopic (exact) mass is 195 g/mol. The van der Waals surface area contributed by atoms with E-state index in [9.17, 15) is 0 Å². The van der Waals surface area contributed by atoms with Crippen molar-refractivity contribution < 1.29 is 0 Å². The molecule has 0 spiro atoms. The molecule has 0 unspecified atom stereocenters. The van der Waals surface area contributed by atoms with E-state index >= 15 is 0 Å². The van der Waals surface area contributed by atoms with Crippen LogP contribution in [0, 0.1) is 0 Å². The molecule has 0 saturated heterocycles. The third-order valence-corrected chi connectivity index (χ3v) is 1.88. The van der Waals surface area contributed by atoms with Crippen molar-refractivity contribution in [2.24, 2.45) is 0 Å². The summed E-state index contributed by atoms with van der Waals surface area (Å²) < 4.78 is 0. The van der Waals surface area contributed by atoms with Crippen LogP contribution in [0.5, 0.6) is 0 Å². The van der Waals surface area contributed by atoms with E-state index in [0.717, 1.165) is 12.1 Å². The predicted octanol–water partition coefficient (Wildman–Crippen LogP) is 2.77. The van der Waals surface area contributed by atoms with Gasteiger partial charge in [0.15, 0.2) is 0 Å². The number of aryl methyl sites for hydroxylation is 1. The van der Waals surface area contributed by atoms with Crippen LogP contribution in [-0.2, 0) is 6.42 Å². The molecule has 0 radical (unpaired) electrons. The quantitative estimate of drug-likeness (QED) is 0.789. The van der Waals surface area contributed by atoms with Crippen molar-refractivity contribution in [3.63, 3.8) is 0 Å². The number of nitrogens with zero attached hydrogens (tertiary/aromatic N) is 2. The van der Waals surface area contributed by atoms with Crippen LogP contribution >= 0.6 is 0 Å². The number of hydrogen-bond donors (Lipinski definition) is 1. The Bertz CT molecular complexity index is 269. The van der Waals surface area contributed by atoms with Crippen LogP contribution in [0.1, 0.15) is 51.8 Å². The van der Waals surface area contributed by atoms with Gasteiger partial charge < -0.3 is 5.73 Å². The second kappa shape index (κ2) is 6.35. The lowest BCUT2D eigenvalue weighted by Crippen LogP contribution is -2.04. The van der Waals surface area contributed by atoms with Crippen molar-refractivity contribution in [2.45, 2.75) is 47.0 Å². The zero-order valence-electron chi connectivity index (χ0n) is 9.83. The standard InChI is InChI=1S/C9H15N3.C2H6/c1-4-8-7(6(2)3)5-11-9(10)12-8;1-2/h5-6H,4H2,1-3H3,(H2,10,11,12);1-2H3. The average molecular weight is 195 g/mol. The molecule has 0 atom stereocenters. The molecule has 1 rings (SSSR count). The molecule has 80 valence electrons. The maximum absolute atomic E-state index is 5.48. The lowest BCUT2D eigenvalue weighted by Gasteiger charge is -2.09. The highest BCUT2D eigenvalue weighted by Crippen LogP contribution is 2.17. The zero-order chi connectivity index (χ0) is 11.1. The molecular formula is C11H21N3. The fourth-order valence-corrected chi connectivity index (χ4v) is 1.21. The van der Waals surface area contributed by atoms with Gasteiger partial charge in [-0.15, -0.1) is 0 Å². The molecule has 3 heteroatoms. The van der Waals surface area contributed by atoms with Crippen molar-refractivity contribution in [3.8, 4) is 0 Å². The van der Waals surface area contributed by atoms with Gasteiger partial charge in [0.2, 0.25) is 5.95 Å². The topological polar surface area (TPSA) is 51.8 Å². The fourth-order valence-electron chi connectivity index (χ4n) is 1.21. The molecule has 0 aliphatic heterocycles. The van der Waals surface area contributed by atoms with Gasteiger partial charge in [-0.25, -0.2) is 9.97 Å². The van der Waals surface area contributed by atoms with Crippen molar-refractivity contribution in [1.82, 2.24) is 9.97 Å². The highest BCUT2D eigenvalue weighted by molar-refractivity contribution is 5.27. The SMILES string of the molecule is CC.CCc1nc(N)ncc1C(C)C. The van der Waals surface area contributed by atoms with Gasteiger partial charge in [0.1, 0.15) is 0 Å². The number of anilines is 1. The third kappa shape index (κ3) is 3.32. The Kier molecular flexibility index (Phi) is 5.84. The number of nitrogen functional groups attached to an aromatic ring is 1. The molecule has 2 N–H and O–H groups in total. The van der Waals surface area contributed by atoms with E-state index in [-0.39, 0.29) is 0 Å². The normalized spacial score (nSPS) is 9.57. The summed E-state index contributed by atoms with van der Waals surface area (Å²) in [6.45, 7) is 10.3. The van der Waals surface area contributed by atoms with Gasteiger partial charge in [-0.1, -0.05) is 34.6 Å². The van der Waals surface area contributed by atoms with E-state index in [4.69, 9.17) is 5.73 Å². The van der Waals surface area contributed by atoms with E-state index in [2.05, 4.69) is 30.7 Å². The summed E-state index contributed by atoms with van der Waals surface area (Å²) in [6, 6.07) is 0. The minimum Gasteiger partial charge on any atom is -0.368 e. The maximum Gasteiger partial charge on any atom is 0.220 e. The van der Waals surface area contributed by atoms with Crippen molar-refractivity contribution in [2.75, 3.05) is 5.73 Å². The first-order valence-electron chi connectivity index (χ1n) is 5.26. The summed E-state index contributed by atoms with van der Waals surface area (Å²) in [5.41, 5.74) is 7.75. The summed E-state index contributed by atoms with van der Waals surface area (Å²) in [7, 11) is 0. The molecule has 0 amide bonds. The summed E-state index contributed by atoms with van der Waals surface area (Å²) >= 11 is 0. The largest absolute Gasteiger partial charge is 0.368 e. The minimum absolute atomic E-state index is 0.372. The Labute approximate surface area is 86.8 Å². The molecule has 3 nitrogen and oxygen atoms in total. The molecule has 1 aromatic rings. The Morgan fingerprint density at radius 3 is 2.36 bits per heavy atom. The Balaban J connectivity index is 0.000000791. The van der Waals surface area contributed by atoms with Crippen LogP contribution in [0.3, 0.4) is 0 Å². The van der Waals surface area contributed by atoms with Crippen LogP contribution in [0.2, 0.25) is 0 Å². The Morgan fingerprint density at radius 1 is 1.36 bits per heavy atom. The maximum atomic E-state index is 5.48. The molecular weight excluding hydrogens is 174 g/mol. The fraction of sp³-hybridized carbons (Fsp3) is 0.636. The third-order valence-electron chi connectivity index (χ3n) is 1.88. The summed E-state index contributed by atoms with van der Waals surface area (Å²) in [4.78, 5) is 8.16. The minimum atomic E-state index is 0.372. The summed E-state index contributed by atoms with van der Waals surface area (Å²) in [5, 5.41) is 0. The molecule has 0 aliphatic rings. The first-order chi connectivity index (χ1) is 6.65. The van der Waals surface area contributed by atoms with Gasteiger partial charge in [0.05, 0.1) is 0 Å². The van der Waals surface area contributed by atoms with E-state index in [1.54, 1.807) is 0 Å². The second-order valence-electron chi connectivity index (χ2n) is 3.14. The van der Waals surface area contributed by atoms with E-state index in [1.165, 1.54) is 5.56 Å². The molecule has 0 fully saturated rings. The van der Waals surface area contributed by atoms with Gasteiger partial charge in [0.25, 0.3) is 0 Å². The molecule has 1 heterocycles. The highest BCUT2D eigenvalue weighted by Gasteiger charge is 2.06. The van der Waals surface area contributed by atoms with Crippen molar-refractivity contribution in [3.05, 3.63) is 17.5 Å². The van der Waals surface area contributed by atoms with Crippen LogP contribution in [-0.4, -0.2) is 9.97 Å². The van der Waals surface area contributed by atoms with Gasteiger partial charge in [-0.05, 0) is 17.9 Å². The van der Waals surface area contributed by atoms with Gasteiger partial charge in [-0.2, -0.15) is 0 Å². The number of nitrogens with two attached hydrogens (primary N) is 1.